The van der Waals surface area contributed by atoms with Crippen LogP contribution in [0.3, 0.4) is 0 Å². The highest BCUT2D eigenvalue weighted by Crippen LogP contribution is 2.46. The monoisotopic (exact) mass is 1130 g/mol. The molecule has 0 saturated carbocycles. The van der Waals surface area contributed by atoms with Gasteiger partial charge in [0.2, 0.25) is 0 Å². The highest BCUT2D eigenvalue weighted by Gasteiger charge is 2.45. The molecule has 0 spiro atoms. The van der Waals surface area contributed by atoms with Crippen LogP contribution in [-0.4, -0.2) is 109 Å². The molecule has 2 aliphatic heterocycles. The number of carbonyl (C=O) groups excluding carboxylic acids is 4. The summed E-state index contributed by atoms with van der Waals surface area (Å²) < 4.78 is 52.7. The number of hydrogen-bond acceptors (Lipinski definition) is 18. The molecule has 0 radical (unpaired) electrons. The first kappa shape index (κ1) is 56.7. The van der Waals surface area contributed by atoms with Crippen molar-refractivity contribution >= 4 is 55.0 Å². The molecule has 5 heterocycles. The fourth-order valence-corrected chi connectivity index (χ4v) is 10.5. The lowest BCUT2D eigenvalue weighted by molar-refractivity contribution is -0.153. The van der Waals surface area contributed by atoms with Gasteiger partial charge in [-0.3, -0.25) is 23.5 Å². The molecule has 2 fully saturated rings. The van der Waals surface area contributed by atoms with Crippen LogP contribution in [0.4, 0.5) is 11.6 Å². The predicted molar refractivity (Wildman–Crippen MR) is 298 cm³/mol. The van der Waals surface area contributed by atoms with E-state index in [2.05, 4.69) is 30.6 Å². The Morgan fingerprint density at radius 2 is 1.23 bits per heavy atom. The molecule has 10 rings (SSSR count). The van der Waals surface area contributed by atoms with Crippen LogP contribution in [-0.2, 0) is 43.2 Å². The first-order valence-corrected chi connectivity index (χ1v) is 27.3. The number of benzene rings is 5. The zero-order valence-electron chi connectivity index (χ0n) is 44.7. The van der Waals surface area contributed by atoms with E-state index in [1.165, 1.54) is 36.4 Å². The van der Waals surface area contributed by atoms with Crippen molar-refractivity contribution in [1.82, 2.24) is 29.1 Å². The number of nitrogens with one attached hydrogen (secondary N) is 2. The molecule has 3 aromatic heterocycles. The van der Waals surface area contributed by atoms with Crippen molar-refractivity contribution in [2.45, 2.75) is 75.1 Å². The molecule has 2 aliphatic rings. The highest BCUT2D eigenvalue weighted by atomic mass is 31.2. The van der Waals surface area contributed by atoms with E-state index >= 15 is 0 Å². The molecule has 8 aromatic rings. The van der Waals surface area contributed by atoms with E-state index in [4.69, 9.17) is 37.5 Å². The van der Waals surface area contributed by atoms with Crippen molar-refractivity contribution in [1.29, 1.82) is 0 Å². The Labute approximate surface area is 471 Å². The Morgan fingerprint density at radius 1 is 0.671 bits per heavy atom. The number of aromatic nitrogens is 6. The second kappa shape index (κ2) is 25.9. The quantitative estimate of drug-likeness (QED) is 0.0310. The molecular formula is C59H57N8O14P. The average molecular weight is 1130 g/mol. The number of fused-ring (bicyclic) bond motifs is 1. The number of rotatable bonds is 23. The molecule has 0 aliphatic carbocycles. The van der Waals surface area contributed by atoms with Crippen molar-refractivity contribution in [2.75, 3.05) is 38.1 Å². The normalized spacial score (nSPS) is 19.1. The van der Waals surface area contributed by atoms with Gasteiger partial charge < -0.3 is 57.8 Å². The maximum atomic E-state index is 13.5. The predicted octanol–water partition coefficient (Wildman–Crippen LogP) is 8.09. The second-order valence-electron chi connectivity index (χ2n) is 19.1. The van der Waals surface area contributed by atoms with Crippen LogP contribution >= 0.6 is 8.60 Å². The number of methoxy groups -OCH3 is 2. The summed E-state index contributed by atoms with van der Waals surface area (Å²) in [6, 6.07) is 43.3. The maximum Gasteiger partial charge on any atom is 0.351 e. The molecule has 0 bridgehead atoms. The van der Waals surface area contributed by atoms with Crippen molar-refractivity contribution in [2.24, 2.45) is 0 Å². The zero-order valence-corrected chi connectivity index (χ0v) is 45.6. The van der Waals surface area contributed by atoms with Gasteiger partial charge in [0.05, 0.1) is 46.3 Å². The van der Waals surface area contributed by atoms with E-state index < -0.39 is 74.5 Å². The summed E-state index contributed by atoms with van der Waals surface area (Å²) >= 11 is 0. The van der Waals surface area contributed by atoms with E-state index in [0.717, 1.165) is 16.7 Å². The van der Waals surface area contributed by atoms with E-state index in [9.17, 15) is 28.9 Å². The number of ketones is 1. The zero-order chi connectivity index (χ0) is 57.2. The van der Waals surface area contributed by atoms with Gasteiger partial charge in [-0.2, -0.15) is 4.98 Å². The third-order valence-corrected chi connectivity index (χ3v) is 14.7. The number of esters is 1. The van der Waals surface area contributed by atoms with Crippen LogP contribution < -0.4 is 25.8 Å². The number of imidazole rings is 1. The number of anilines is 2. The number of ether oxygens (including phenoxy) is 6. The number of nitrogens with zero attached hydrogens (tertiary/aromatic N) is 6. The molecule has 2 amide bonds. The van der Waals surface area contributed by atoms with E-state index in [1.807, 2.05) is 78.9 Å². The summed E-state index contributed by atoms with van der Waals surface area (Å²) in [7, 11) is 0.403. The van der Waals surface area contributed by atoms with Gasteiger partial charge in [-0.1, -0.05) is 91.0 Å². The van der Waals surface area contributed by atoms with Gasteiger partial charge in [0, 0.05) is 36.6 Å². The Balaban J connectivity index is 0.925. The second-order valence-corrected chi connectivity index (χ2v) is 20.1. The summed E-state index contributed by atoms with van der Waals surface area (Å²) in [5.41, 5.74) is 1.64. The lowest BCUT2D eigenvalue weighted by Crippen LogP contribution is -2.38. The van der Waals surface area contributed by atoms with Crippen LogP contribution in [0, 0.1) is 0 Å². The first-order chi connectivity index (χ1) is 39.9. The molecule has 82 heavy (non-hydrogen) atoms. The van der Waals surface area contributed by atoms with Gasteiger partial charge in [0.1, 0.15) is 65.8 Å². The van der Waals surface area contributed by atoms with Crippen molar-refractivity contribution in [3.05, 3.63) is 203 Å². The molecular weight excluding hydrogens is 1080 g/mol. The largest absolute Gasteiger partial charge is 0.497 e. The Kier molecular flexibility index (Phi) is 17.9. The van der Waals surface area contributed by atoms with Gasteiger partial charge >= 0.3 is 20.3 Å². The summed E-state index contributed by atoms with van der Waals surface area (Å²) in [6.45, 7) is 0.835. The van der Waals surface area contributed by atoms with Gasteiger partial charge in [-0.25, -0.2) is 19.7 Å². The number of Topliss-reactive ketones (excluding diaryl/α,β-unsaturated/α-hetero) is 1. The molecule has 422 valence electrons. The molecule has 22 nitrogen and oxygen atoms in total. The smallest absolute Gasteiger partial charge is 0.351 e. The third kappa shape index (κ3) is 12.9. The summed E-state index contributed by atoms with van der Waals surface area (Å²) in [5, 5.41) is 5.45. The molecule has 2 saturated heterocycles. The van der Waals surface area contributed by atoms with Crippen LogP contribution in [0.1, 0.15) is 82.5 Å². The molecule has 23 heteroatoms. The Hall–Kier alpha value is -8.60. The molecule has 1 unspecified atom stereocenters. The fourth-order valence-electron chi connectivity index (χ4n) is 9.75. The van der Waals surface area contributed by atoms with Crippen molar-refractivity contribution < 1.29 is 61.5 Å². The summed E-state index contributed by atoms with van der Waals surface area (Å²) in [6.07, 6.45) is -1.79. The highest BCUT2D eigenvalue weighted by molar-refractivity contribution is 7.40. The number of carbonyl (C=O) groups is 4. The molecule has 3 N–H and O–H groups in total. The number of amides is 2. The first-order valence-electron chi connectivity index (χ1n) is 26.2. The van der Waals surface area contributed by atoms with Gasteiger partial charge in [0.15, 0.2) is 17.0 Å². The minimum absolute atomic E-state index is 0.00361. The minimum atomic E-state index is -2.77. The van der Waals surface area contributed by atoms with Crippen molar-refractivity contribution in [3.8, 4) is 11.5 Å². The van der Waals surface area contributed by atoms with Crippen LogP contribution in [0.2, 0.25) is 0 Å². The SMILES string of the molecule is COc1ccc(C(OC[C@H]2O[C@@H](n3cnc4c(NC(=O)c5ccccc5)ncnc43)C[C@@H]2OP(O)OC[C@H]2O[C@@H](n3ccc(NC(=O)c4ccccc4)nc3=O)C[C@@H]2OC(=O)CCC(C)=O)(c2ccccc2)c2ccc(OC)cc2)cc1. The summed E-state index contributed by atoms with van der Waals surface area (Å²) in [5.74, 6) is -0.314. The van der Waals surface area contributed by atoms with Gasteiger partial charge in [0.25, 0.3) is 11.8 Å². The Bertz CT molecular complexity index is 3510. The minimum Gasteiger partial charge on any atom is -0.497 e. The molecule has 7 atom stereocenters. The van der Waals surface area contributed by atoms with Crippen LogP contribution in [0.25, 0.3) is 11.2 Å². The third-order valence-electron chi connectivity index (χ3n) is 13.9. The van der Waals surface area contributed by atoms with E-state index in [-0.39, 0.29) is 61.8 Å². The average Bonchev–Trinajstić information content (AvgIpc) is 3.38. The topological polar surface area (TPSA) is 265 Å². The molecule has 5 aromatic carbocycles. The van der Waals surface area contributed by atoms with Gasteiger partial charge in [-0.15, -0.1) is 0 Å². The van der Waals surface area contributed by atoms with E-state index in [0.29, 0.717) is 28.3 Å². The summed E-state index contributed by atoms with van der Waals surface area (Å²) in [4.78, 5) is 93.8. The lowest BCUT2D eigenvalue weighted by atomic mass is 9.80. The van der Waals surface area contributed by atoms with Gasteiger partial charge in [-0.05, 0) is 78.2 Å². The van der Waals surface area contributed by atoms with Crippen LogP contribution in [0.5, 0.6) is 11.5 Å². The standard InChI is InChI=1S/C59H57N8O14P/c1-37(68)19-28-52(69)80-45-31-50(66-30-29-49(64-58(66)72)63-56(70)38-13-7-4-8-14-38)79-48(45)34-77-82(73)81-46-32-51(67-36-62-53-54(60-35-61-55(53)67)65-57(71)39-15-9-5-10-16-39)78-47(46)33-76-59(40-17-11-6-12-18-40,41-20-24-43(74-2)25-21-41)42-22-26-44(75-3)27-23-42/h4-18,20-27,29-30,35-36,45-48,50-51,73H,19,28,31-34H2,1-3H3,(H,60,61,65,71)(H,63,64,70,72)/t45-,46-,47+,48+,50+,51+,82?/m0/s1. The lowest BCUT2D eigenvalue weighted by Gasteiger charge is -2.37. The van der Waals surface area contributed by atoms with E-state index in [1.54, 1.807) is 79.5 Å². The Morgan fingerprint density at radius 3 is 1.83 bits per heavy atom. The maximum absolute atomic E-state index is 13.5. The number of hydrogen-bond donors (Lipinski definition) is 3. The van der Waals surface area contributed by atoms with Crippen molar-refractivity contribution in [3.63, 3.8) is 0 Å². The fraction of sp³-hybridized carbons (Fsp3) is 0.271. The van der Waals surface area contributed by atoms with Crippen LogP contribution in [0.15, 0.2) is 169 Å².